The van der Waals surface area contributed by atoms with Gasteiger partial charge >= 0.3 is 5.97 Å². The molecule has 0 fully saturated rings. The lowest BCUT2D eigenvalue weighted by Crippen LogP contribution is -2.21. The molecule has 2 aromatic rings. The number of H-pyrrole nitrogens is 1. The molecule has 2 heterocycles. The molecule has 16 heavy (non-hydrogen) atoms. The first kappa shape index (κ1) is 10.3. The van der Waals surface area contributed by atoms with Crippen LogP contribution in [0.4, 0.5) is 0 Å². The quantitative estimate of drug-likeness (QED) is 0.744. The molecule has 84 valence electrons. The molecule has 0 saturated heterocycles. The normalized spacial score (nSPS) is 10.9. The lowest BCUT2D eigenvalue weighted by Gasteiger charge is -2.00. The van der Waals surface area contributed by atoms with Gasteiger partial charge in [-0.25, -0.2) is 9.78 Å². The molecule has 2 rings (SSSR count). The van der Waals surface area contributed by atoms with E-state index in [4.69, 9.17) is 5.11 Å². The van der Waals surface area contributed by atoms with Crippen molar-refractivity contribution in [1.82, 2.24) is 19.6 Å². The van der Waals surface area contributed by atoms with Crippen molar-refractivity contribution in [2.75, 3.05) is 0 Å². The van der Waals surface area contributed by atoms with Crippen LogP contribution in [0.15, 0.2) is 4.79 Å². The van der Waals surface area contributed by atoms with E-state index in [-0.39, 0.29) is 17.2 Å². The minimum absolute atomic E-state index is 0.0806. The maximum Gasteiger partial charge on any atom is 0.373 e. The van der Waals surface area contributed by atoms with E-state index in [2.05, 4.69) is 15.1 Å². The minimum atomic E-state index is -1.22. The lowest BCUT2D eigenvalue weighted by atomic mass is 10.2. The van der Waals surface area contributed by atoms with Crippen LogP contribution in [-0.2, 0) is 6.42 Å². The number of nitrogens with one attached hydrogen (secondary N) is 1. The van der Waals surface area contributed by atoms with E-state index in [0.717, 1.165) is 4.52 Å². The molecule has 0 unspecified atom stereocenters. The van der Waals surface area contributed by atoms with Crippen LogP contribution in [-0.4, -0.2) is 30.7 Å². The number of aromatic nitrogens is 4. The van der Waals surface area contributed by atoms with E-state index >= 15 is 0 Å². The highest BCUT2D eigenvalue weighted by Crippen LogP contribution is 2.02. The molecular weight excluding hydrogens is 212 g/mol. The summed E-state index contributed by atoms with van der Waals surface area (Å²) in [5.41, 5.74) is 0.832. The van der Waals surface area contributed by atoms with Gasteiger partial charge in [0.2, 0.25) is 5.82 Å². The molecule has 7 heteroatoms. The Morgan fingerprint density at radius 1 is 1.50 bits per heavy atom. The number of carboxylic acid groups (broad SMARTS) is 1. The van der Waals surface area contributed by atoms with Crippen LogP contribution >= 0.6 is 0 Å². The van der Waals surface area contributed by atoms with Crippen LogP contribution in [0.5, 0.6) is 0 Å². The lowest BCUT2D eigenvalue weighted by molar-refractivity contribution is 0.0684. The topological polar surface area (TPSA) is 100 Å². The first-order chi connectivity index (χ1) is 7.54. The third-order valence-electron chi connectivity index (χ3n) is 2.35. The summed E-state index contributed by atoms with van der Waals surface area (Å²) in [6.07, 6.45) is 0.544. The summed E-state index contributed by atoms with van der Waals surface area (Å²) < 4.78 is 1.05. The van der Waals surface area contributed by atoms with E-state index in [1.54, 1.807) is 6.92 Å². The molecule has 0 aliphatic rings. The van der Waals surface area contributed by atoms with Gasteiger partial charge in [-0.15, -0.1) is 0 Å². The Balaban J connectivity index is 2.84. The van der Waals surface area contributed by atoms with Crippen molar-refractivity contribution in [3.05, 3.63) is 27.4 Å². The second-order valence-electron chi connectivity index (χ2n) is 3.35. The van der Waals surface area contributed by atoms with Crippen LogP contribution in [0.2, 0.25) is 0 Å². The predicted molar refractivity (Wildman–Crippen MR) is 54.7 cm³/mol. The van der Waals surface area contributed by atoms with Gasteiger partial charge in [-0.3, -0.25) is 9.89 Å². The van der Waals surface area contributed by atoms with Crippen molar-refractivity contribution in [2.45, 2.75) is 20.3 Å². The van der Waals surface area contributed by atoms with Crippen LogP contribution < -0.4 is 5.56 Å². The molecule has 0 bridgehead atoms. The zero-order valence-corrected chi connectivity index (χ0v) is 8.81. The summed E-state index contributed by atoms with van der Waals surface area (Å²) in [6, 6.07) is 0. The molecule has 2 aromatic heterocycles. The molecule has 2 N–H and O–H groups in total. The van der Waals surface area contributed by atoms with Gasteiger partial charge in [-0.05, 0) is 13.3 Å². The third-order valence-corrected chi connectivity index (χ3v) is 2.35. The summed E-state index contributed by atoms with van der Waals surface area (Å²) in [5.74, 6) is -1.44. The Kier molecular flexibility index (Phi) is 2.22. The highest BCUT2D eigenvalue weighted by molar-refractivity contribution is 5.83. The summed E-state index contributed by atoms with van der Waals surface area (Å²) in [7, 11) is 0. The Morgan fingerprint density at radius 3 is 2.75 bits per heavy atom. The number of rotatable bonds is 2. The highest BCUT2D eigenvalue weighted by Gasteiger charge is 2.14. The van der Waals surface area contributed by atoms with Crippen molar-refractivity contribution >= 4 is 11.7 Å². The van der Waals surface area contributed by atoms with Crippen LogP contribution in [0.3, 0.4) is 0 Å². The zero-order chi connectivity index (χ0) is 11.9. The van der Waals surface area contributed by atoms with Gasteiger partial charge < -0.3 is 5.11 Å². The minimum Gasteiger partial charge on any atom is -0.475 e. The first-order valence-electron chi connectivity index (χ1n) is 4.76. The molecule has 0 spiro atoms. The van der Waals surface area contributed by atoms with Gasteiger partial charge in [-0.2, -0.15) is 9.50 Å². The fraction of sp³-hybridized carbons (Fsp3) is 0.333. The number of carbonyl (C=O) groups is 1. The molecular formula is C9H10N4O3. The van der Waals surface area contributed by atoms with Gasteiger partial charge in [0.05, 0.1) is 5.69 Å². The Hall–Kier alpha value is -2.18. The van der Waals surface area contributed by atoms with Crippen molar-refractivity contribution in [3.8, 4) is 0 Å². The van der Waals surface area contributed by atoms with E-state index in [9.17, 15) is 9.59 Å². The molecule has 7 nitrogen and oxygen atoms in total. The first-order valence-corrected chi connectivity index (χ1v) is 4.76. The van der Waals surface area contributed by atoms with Gasteiger partial charge in [-0.1, -0.05) is 6.92 Å². The number of fused-ring (bicyclic) bond motifs is 1. The van der Waals surface area contributed by atoms with Crippen LogP contribution in [0.1, 0.15) is 28.8 Å². The molecule has 0 amide bonds. The zero-order valence-electron chi connectivity index (χ0n) is 8.81. The third kappa shape index (κ3) is 1.37. The second kappa shape index (κ2) is 3.44. The monoisotopic (exact) mass is 222 g/mol. The summed E-state index contributed by atoms with van der Waals surface area (Å²) in [4.78, 5) is 30.3. The summed E-state index contributed by atoms with van der Waals surface area (Å²) in [6.45, 7) is 3.54. The van der Waals surface area contributed by atoms with Crippen molar-refractivity contribution in [3.63, 3.8) is 0 Å². The highest BCUT2D eigenvalue weighted by atomic mass is 16.4. The van der Waals surface area contributed by atoms with E-state index in [1.165, 1.54) is 0 Å². The number of aromatic carboxylic acids is 1. The SMILES string of the molecule is CCc1c(C)nc2nc(C(=O)O)[nH]n2c1=O. The van der Waals surface area contributed by atoms with Crippen molar-refractivity contribution in [2.24, 2.45) is 0 Å². The number of aryl methyl sites for hydroxylation is 1. The number of aromatic amines is 1. The van der Waals surface area contributed by atoms with Gasteiger partial charge in [0, 0.05) is 5.56 Å². The Bertz CT molecular complexity index is 625. The Morgan fingerprint density at radius 2 is 2.19 bits per heavy atom. The van der Waals surface area contributed by atoms with Crippen LogP contribution in [0.25, 0.3) is 5.78 Å². The molecule has 0 atom stereocenters. The largest absolute Gasteiger partial charge is 0.475 e. The van der Waals surface area contributed by atoms with Crippen molar-refractivity contribution in [1.29, 1.82) is 0 Å². The average Bonchev–Trinajstić information content (AvgIpc) is 2.62. The van der Waals surface area contributed by atoms with Gasteiger partial charge in [0.1, 0.15) is 0 Å². The maximum absolute atomic E-state index is 11.9. The van der Waals surface area contributed by atoms with E-state index in [0.29, 0.717) is 17.7 Å². The maximum atomic E-state index is 11.9. The van der Waals surface area contributed by atoms with E-state index in [1.807, 2.05) is 6.92 Å². The molecule has 0 aliphatic carbocycles. The number of hydrogen-bond donors (Lipinski definition) is 2. The number of hydrogen-bond acceptors (Lipinski definition) is 4. The molecule has 0 aromatic carbocycles. The fourth-order valence-corrected chi connectivity index (χ4v) is 1.56. The molecule has 0 saturated carbocycles. The van der Waals surface area contributed by atoms with Crippen LogP contribution in [0, 0.1) is 6.92 Å². The van der Waals surface area contributed by atoms with E-state index < -0.39 is 5.97 Å². The standard InChI is InChI=1S/C9H10N4O3/c1-3-5-4(2)10-9-11-6(8(15)16)12-13(9)7(5)14/h3H2,1-2H3,(H,15,16)(H,10,11,12). The predicted octanol–water partition coefficient (Wildman–Crippen LogP) is -0.0134. The smallest absolute Gasteiger partial charge is 0.373 e. The average molecular weight is 222 g/mol. The number of nitrogens with zero attached hydrogens (tertiary/aromatic N) is 3. The van der Waals surface area contributed by atoms with Gasteiger partial charge in [0.25, 0.3) is 11.3 Å². The fourth-order valence-electron chi connectivity index (χ4n) is 1.56. The van der Waals surface area contributed by atoms with Crippen molar-refractivity contribution < 1.29 is 9.90 Å². The molecule has 0 radical (unpaired) electrons. The summed E-state index contributed by atoms with van der Waals surface area (Å²) >= 11 is 0. The van der Waals surface area contributed by atoms with Gasteiger partial charge in [0.15, 0.2) is 0 Å². The Labute approximate surface area is 89.8 Å². The summed E-state index contributed by atoms with van der Waals surface area (Å²) in [5, 5.41) is 11.1. The number of carboxylic acids is 1. The second-order valence-corrected chi connectivity index (χ2v) is 3.35. The molecule has 0 aliphatic heterocycles.